The van der Waals surface area contributed by atoms with Crippen LogP contribution in [0.2, 0.25) is 0 Å². The van der Waals surface area contributed by atoms with E-state index in [-0.39, 0.29) is 0 Å². The summed E-state index contributed by atoms with van der Waals surface area (Å²) in [4.78, 5) is 0. The van der Waals surface area contributed by atoms with Gasteiger partial charge >= 0.3 is 12.5 Å². The van der Waals surface area contributed by atoms with Crippen LogP contribution in [0.1, 0.15) is 90.4 Å². The minimum absolute atomic E-state index is 0.315. The summed E-state index contributed by atoms with van der Waals surface area (Å²) in [5.74, 6) is -0.726. The second kappa shape index (κ2) is 12.5. The van der Waals surface area contributed by atoms with E-state index in [9.17, 15) is 26.3 Å². The molecule has 1 aromatic rings. The van der Waals surface area contributed by atoms with Gasteiger partial charge in [0.2, 0.25) is 0 Å². The molecule has 0 saturated heterocycles. The van der Waals surface area contributed by atoms with Crippen LogP contribution in [0.4, 0.5) is 26.3 Å². The Bertz CT molecular complexity index is 906. The Morgan fingerprint density at radius 3 is 1.76 bits per heavy atom. The van der Waals surface area contributed by atoms with Gasteiger partial charge < -0.3 is 9.47 Å². The number of ether oxygens (including phenoxy) is 2. The standard InChI is InChI=1S/C30H40F6O2/c1-2-20-3-5-21(6-4-20)7-8-22-9-11-23(12-10-22)24-13-15-25(16-14-24)29(32,33)37-26-17-18-28(27(31)19-26)38-30(34,35)36/h7-8,17-25H,2-6,9-16H2,1H3/b8-7+. The third-order valence-corrected chi connectivity index (χ3v) is 9.24. The predicted molar refractivity (Wildman–Crippen MR) is 134 cm³/mol. The van der Waals surface area contributed by atoms with Crippen molar-refractivity contribution in [3.8, 4) is 11.5 Å². The fraction of sp³-hybridized carbons (Fsp3) is 0.733. The predicted octanol–water partition coefficient (Wildman–Crippen LogP) is 10.1. The molecule has 3 fully saturated rings. The molecule has 0 heterocycles. The molecule has 0 atom stereocenters. The van der Waals surface area contributed by atoms with E-state index in [2.05, 4.69) is 23.8 Å². The highest BCUT2D eigenvalue weighted by molar-refractivity contribution is 5.33. The summed E-state index contributed by atoms with van der Waals surface area (Å²) >= 11 is 0. The van der Waals surface area contributed by atoms with Crippen LogP contribution in [0, 0.1) is 41.3 Å². The van der Waals surface area contributed by atoms with E-state index in [0.29, 0.717) is 55.6 Å². The third kappa shape index (κ3) is 8.08. The highest BCUT2D eigenvalue weighted by Gasteiger charge is 2.45. The lowest BCUT2D eigenvalue weighted by molar-refractivity contribution is -0.275. The molecule has 0 aromatic heterocycles. The molecule has 38 heavy (non-hydrogen) atoms. The van der Waals surface area contributed by atoms with E-state index in [0.717, 1.165) is 30.7 Å². The number of halogens is 6. The van der Waals surface area contributed by atoms with Gasteiger partial charge in [0.25, 0.3) is 0 Å². The van der Waals surface area contributed by atoms with E-state index < -0.39 is 35.7 Å². The molecule has 3 aliphatic carbocycles. The Morgan fingerprint density at radius 2 is 1.26 bits per heavy atom. The molecule has 8 heteroatoms. The van der Waals surface area contributed by atoms with E-state index >= 15 is 0 Å². The lowest BCUT2D eigenvalue weighted by Crippen LogP contribution is -2.38. The molecule has 4 rings (SSSR count). The fourth-order valence-corrected chi connectivity index (χ4v) is 6.83. The minimum Gasteiger partial charge on any atom is -0.432 e. The Balaban J connectivity index is 1.20. The van der Waals surface area contributed by atoms with Crippen LogP contribution in [0.15, 0.2) is 30.4 Å². The van der Waals surface area contributed by atoms with Gasteiger partial charge in [0, 0.05) is 6.07 Å². The lowest BCUT2D eigenvalue weighted by Gasteiger charge is -2.39. The van der Waals surface area contributed by atoms with E-state index in [1.54, 1.807) is 0 Å². The van der Waals surface area contributed by atoms with Gasteiger partial charge in [-0.2, -0.15) is 8.78 Å². The molecule has 0 radical (unpaired) electrons. The van der Waals surface area contributed by atoms with Gasteiger partial charge in [-0.3, -0.25) is 0 Å². The van der Waals surface area contributed by atoms with Gasteiger partial charge in [-0.15, -0.1) is 13.2 Å². The molecule has 0 unspecified atom stereocenters. The van der Waals surface area contributed by atoms with Crippen LogP contribution < -0.4 is 9.47 Å². The van der Waals surface area contributed by atoms with Crippen molar-refractivity contribution in [3.05, 3.63) is 36.2 Å². The SMILES string of the molecule is CCC1CCC(/C=C/C2CCC(C3CCC(C(F)(F)Oc4ccc(OC(F)(F)F)c(F)c4)CC3)CC2)CC1. The fourth-order valence-electron chi connectivity index (χ4n) is 6.83. The van der Waals surface area contributed by atoms with Crippen LogP contribution in [-0.4, -0.2) is 12.5 Å². The third-order valence-electron chi connectivity index (χ3n) is 9.24. The maximum absolute atomic E-state index is 14.8. The molecule has 0 aliphatic heterocycles. The first-order chi connectivity index (χ1) is 18.0. The van der Waals surface area contributed by atoms with Gasteiger partial charge in [-0.25, -0.2) is 4.39 Å². The van der Waals surface area contributed by atoms with Crippen LogP contribution in [0.3, 0.4) is 0 Å². The van der Waals surface area contributed by atoms with Crippen molar-refractivity contribution in [1.82, 2.24) is 0 Å². The smallest absolute Gasteiger partial charge is 0.432 e. The van der Waals surface area contributed by atoms with Crippen LogP contribution >= 0.6 is 0 Å². The molecular formula is C30H40F6O2. The first kappa shape index (κ1) is 29.1. The van der Waals surface area contributed by atoms with Crippen LogP contribution in [0.5, 0.6) is 11.5 Å². The Morgan fingerprint density at radius 1 is 0.737 bits per heavy atom. The first-order valence-electron chi connectivity index (χ1n) is 14.3. The number of hydrogen-bond acceptors (Lipinski definition) is 2. The van der Waals surface area contributed by atoms with E-state index in [4.69, 9.17) is 4.74 Å². The number of benzene rings is 1. The van der Waals surface area contributed by atoms with Crippen molar-refractivity contribution in [3.63, 3.8) is 0 Å². The Kier molecular flexibility index (Phi) is 9.62. The maximum atomic E-state index is 14.8. The topological polar surface area (TPSA) is 18.5 Å². The summed E-state index contributed by atoms with van der Waals surface area (Å²) in [5, 5.41) is 0. The lowest BCUT2D eigenvalue weighted by atomic mass is 9.69. The zero-order valence-electron chi connectivity index (χ0n) is 22.1. The van der Waals surface area contributed by atoms with Crippen molar-refractivity contribution in [2.24, 2.45) is 35.5 Å². The molecule has 0 bridgehead atoms. The summed E-state index contributed by atoms with van der Waals surface area (Å²) in [7, 11) is 0. The van der Waals surface area contributed by atoms with Gasteiger partial charge in [-0.05, 0) is 119 Å². The normalized spacial score (nSPS) is 31.3. The van der Waals surface area contributed by atoms with Gasteiger partial charge in [0.05, 0.1) is 5.92 Å². The molecule has 0 amide bonds. The Labute approximate surface area is 222 Å². The Hall–Kier alpha value is -1.86. The number of rotatable bonds is 8. The summed E-state index contributed by atoms with van der Waals surface area (Å²) < 4.78 is 88.8. The summed E-state index contributed by atoms with van der Waals surface area (Å²) in [6.45, 7) is 2.29. The van der Waals surface area contributed by atoms with E-state index in [1.807, 2.05) is 0 Å². The second-order valence-corrected chi connectivity index (χ2v) is 11.7. The molecular weight excluding hydrogens is 506 g/mol. The average Bonchev–Trinajstić information content (AvgIpc) is 2.89. The molecule has 2 nitrogen and oxygen atoms in total. The van der Waals surface area contributed by atoms with Crippen molar-refractivity contribution in [2.45, 2.75) is 103 Å². The highest BCUT2D eigenvalue weighted by Crippen LogP contribution is 2.46. The van der Waals surface area contributed by atoms with Crippen molar-refractivity contribution in [2.75, 3.05) is 0 Å². The molecule has 0 N–H and O–H groups in total. The van der Waals surface area contributed by atoms with Crippen LogP contribution in [-0.2, 0) is 0 Å². The highest BCUT2D eigenvalue weighted by atomic mass is 19.4. The average molecular weight is 547 g/mol. The number of alkyl halides is 5. The van der Waals surface area contributed by atoms with Crippen molar-refractivity contribution < 1.29 is 35.8 Å². The quantitative estimate of drug-likeness (QED) is 0.239. The van der Waals surface area contributed by atoms with Gasteiger partial charge in [0.15, 0.2) is 11.6 Å². The maximum Gasteiger partial charge on any atom is 0.573 e. The zero-order chi connectivity index (χ0) is 27.3. The summed E-state index contributed by atoms with van der Waals surface area (Å²) in [6, 6.07) is 2.02. The van der Waals surface area contributed by atoms with Gasteiger partial charge in [-0.1, -0.05) is 25.5 Å². The molecule has 1 aromatic carbocycles. The zero-order valence-corrected chi connectivity index (χ0v) is 22.1. The molecule has 214 valence electrons. The molecule has 3 aliphatic rings. The monoisotopic (exact) mass is 546 g/mol. The minimum atomic E-state index is -5.07. The van der Waals surface area contributed by atoms with Crippen molar-refractivity contribution >= 4 is 0 Å². The summed E-state index contributed by atoms with van der Waals surface area (Å²) in [5.41, 5.74) is 0. The largest absolute Gasteiger partial charge is 0.573 e. The van der Waals surface area contributed by atoms with Crippen LogP contribution in [0.25, 0.3) is 0 Å². The van der Waals surface area contributed by atoms with Gasteiger partial charge in [0.1, 0.15) is 5.75 Å². The van der Waals surface area contributed by atoms with E-state index in [1.165, 1.54) is 44.9 Å². The molecule has 3 saturated carbocycles. The molecule has 0 spiro atoms. The second-order valence-electron chi connectivity index (χ2n) is 11.7. The van der Waals surface area contributed by atoms with Crippen molar-refractivity contribution in [1.29, 1.82) is 0 Å². The number of allylic oxidation sites excluding steroid dienone is 2. The first-order valence-corrected chi connectivity index (χ1v) is 14.3. The number of hydrogen-bond donors (Lipinski definition) is 0. The summed E-state index contributed by atoms with van der Waals surface area (Å²) in [6.07, 6.45) is 9.63.